The number of nitrogens with one attached hydrogen (secondary N) is 1. The largest absolute Gasteiger partial charge is 0.396 e. The Kier molecular flexibility index (Phi) is 6.01. The second-order valence-electron chi connectivity index (χ2n) is 6.71. The Balaban J connectivity index is 1.49. The quantitative estimate of drug-likeness (QED) is 0.819. The van der Waals surface area contributed by atoms with E-state index in [1.54, 1.807) is 0 Å². The molecule has 1 aliphatic heterocycles. The fourth-order valence-electron chi connectivity index (χ4n) is 3.46. The van der Waals surface area contributed by atoms with Gasteiger partial charge < -0.3 is 10.0 Å². The van der Waals surface area contributed by atoms with E-state index in [-0.39, 0.29) is 6.61 Å². The van der Waals surface area contributed by atoms with Crippen LogP contribution in [0.5, 0.6) is 0 Å². The number of nitrogens with zero attached hydrogens (tertiary/aromatic N) is 3. The minimum atomic E-state index is 0.284. The molecule has 2 aromatic rings. The summed E-state index contributed by atoms with van der Waals surface area (Å²) in [5.41, 5.74) is 3.36. The molecule has 1 fully saturated rings. The standard InChI is InChI=1S/C19H28N4O/c1-22(10-5-13-24)18-8-11-23(12-9-18)15-17-14-19(21-20-17)16-6-3-2-4-7-16/h2-4,6-7,14,18,24H,5,8-13,15H2,1H3,(H,20,21). The normalized spacial score (nSPS) is 16.8. The SMILES string of the molecule is CN(CCCO)C1CCN(Cc2cc(-c3ccccc3)n[nH]2)CC1. The fraction of sp³-hybridized carbons (Fsp3) is 0.526. The Morgan fingerprint density at radius 1 is 1.25 bits per heavy atom. The molecule has 0 unspecified atom stereocenters. The number of hydrogen-bond donors (Lipinski definition) is 2. The lowest BCUT2D eigenvalue weighted by molar-refractivity contribution is 0.117. The molecule has 5 heteroatoms. The van der Waals surface area contributed by atoms with Gasteiger partial charge in [0.15, 0.2) is 0 Å². The van der Waals surface area contributed by atoms with Crippen LogP contribution < -0.4 is 0 Å². The van der Waals surface area contributed by atoms with Gasteiger partial charge in [0.2, 0.25) is 0 Å². The predicted molar refractivity (Wildman–Crippen MR) is 96.7 cm³/mol. The van der Waals surface area contributed by atoms with Crippen LogP contribution in [-0.2, 0) is 6.54 Å². The Morgan fingerprint density at radius 3 is 2.71 bits per heavy atom. The highest BCUT2D eigenvalue weighted by Crippen LogP contribution is 2.20. The lowest BCUT2D eigenvalue weighted by atomic mass is 10.0. The molecule has 2 heterocycles. The van der Waals surface area contributed by atoms with Crippen LogP contribution in [0.25, 0.3) is 11.3 Å². The third kappa shape index (κ3) is 4.44. The van der Waals surface area contributed by atoms with Gasteiger partial charge in [-0.3, -0.25) is 10.00 Å². The zero-order valence-corrected chi connectivity index (χ0v) is 14.5. The maximum atomic E-state index is 8.96. The molecule has 0 bridgehead atoms. The van der Waals surface area contributed by atoms with E-state index in [4.69, 9.17) is 5.11 Å². The van der Waals surface area contributed by atoms with Crippen molar-refractivity contribution in [3.8, 4) is 11.3 Å². The smallest absolute Gasteiger partial charge is 0.0924 e. The molecule has 1 aliphatic rings. The first-order valence-corrected chi connectivity index (χ1v) is 8.89. The molecule has 1 aromatic heterocycles. The highest BCUT2D eigenvalue weighted by atomic mass is 16.3. The van der Waals surface area contributed by atoms with E-state index in [1.807, 2.05) is 18.2 Å². The molecule has 2 N–H and O–H groups in total. The van der Waals surface area contributed by atoms with Crippen molar-refractivity contribution in [2.75, 3.05) is 33.3 Å². The first-order chi connectivity index (χ1) is 11.8. The lowest BCUT2D eigenvalue weighted by Gasteiger charge is -2.36. The van der Waals surface area contributed by atoms with Crippen molar-refractivity contribution in [2.45, 2.75) is 31.8 Å². The number of H-pyrrole nitrogens is 1. The number of aromatic amines is 1. The van der Waals surface area contributed by atoms with Gasteiger partial charge in [0, 0.05) is 50.1 Å². The molecule has 0 amide bonds. The van der Waals surface area contributed by atoms with Crippen molar-refractivity contribution in [1.29, 1.82) is 0 Å². The van der Waals surface area contributed by atoms with E-state index >= 15 is 0 Å². The zero-order chi connectivity index (χ0) is 16.8. The molecule has 1 saturated heterocycles. The molecule has 0 spiro atoms. The molecule has 24 heavy (non-hydrogen) atoms. The van der Waals surface area contributed by atoms with Crippen molar-refractivity contribution in [1.82, 2.24) is 20.0 Å². The third-order valence-corrected chi connectivity index (χ3v) is 4.94. The van der Waals surface area contributed by atoms with Crippen molar-refractivity contribution >= 4 is 0 Å². The number of likely N-dealkylation sites (tertiary alicyclic amines) is 1. The third-order valence-electron chi connectivity index (χ3n) is 4.94. The molecule has 1 aromatic carbocycles. The number of aliphatic hydroxyl groups excluding tert-OH is 1. The first kappa shape index (κ1) is 17.1. The van der Waals surface area contributed by atoms with Gasteiger partial charge in [0.25, 0.3) is 0 Å². The summed E-state index contributed by atoms with van der Waals surface area (Å²) in [6.07, 6.45) is 3.26. The fourth-order valence-corrected chi connectivity index (χ4v) is 3.46. The van der Waals surface area contributed by atoms with E-state index in [9.17, 15) is 0 Å². The van der Waals surface area contributed by atoms with Gasteiger partial charge in [-0.2, -0.15) is 5.10 Å². The number of benzene rings is 1. The maximum absolute atomic E-state index is 8.96. The van der Waals surface area contributed by atoms with Crippen LogP contribution in [0.3, 0.4) is 0 Å². The van der Waals surface area contributed by atoms with Crippen LogP contribution in [-0.4, -0.2) is 64.4 Å². The van der Waals surface area contributed by atoms with Gasteiger partial charge in [0.05, 0.1) is 5.69 Å². The summed E-state index contributed by atoms with van der Waals surface area (Å²) >= 11 is 0. The molecule has 0 atom stereocenters. The van der Waals surface area contributed by atoms with E-state index < -0.39 is 0 Å². The van der Waals surface area contributed by atoms with Crippen molar-refractivity contribution in [3.63, 3.8) is 0 Å². The zero-order valence-electron chi connectivity index (χ0n) is 14.5. The van der Waals surface area contributed by atoms with Crippen LogP contribution >= 0.6 is 0 Å². The lowest BCUT2D eigenvalue weighted by Crippen LogP contribution is -2.43. The average molecular weight is 328 g/mol. The Hall–Kier alpha value is -1.69. The summed E-state index contributed by atoms with van der Waals surface area (Å²) in [6, 6.07) is 13.1. The van der Waals surface area contributed by atoms with E-state index in [1.165, 1.54) is 18.5 Å². The summed E-state index contributed by atoms with van der Waals surface area (Å²) in [5, 5.41) is 16.6. The predicted octanol–water partition coefficient (Wildman–Crippen LogP) is 2.36. The van der Waals surface area contributed by atoms with Gasteiger partial charge in [-0.05, 0) is 32.4 Å². The van der Waals surface area contributed by atoms with Crippen LogP contribution in [0, 0.1) is 0 Å². The second-order valence-corrected chi connectivity index (χ2v) is 6.71. The summed E-state index contributed by atoms with van der Waals surface area (Å²) < 4.78 is 0. The van der Waals surface area contributed by atoms with Gasteiger partial charge in [-0.15, -0.1) is 0 Å². The highest BCUT2D eigenvalue weighted by Gasteiger charge is 2.22. The number of piperidine rings is 1. The van der Waals surface area contributed by atoms with Crippen LogP contribution in [0.2, 0.25) is 0 Å². The molecule has 0 aliphatic carbocycles. The molecule has 3 rings (SSSR count). The second kappa shape index (κ2) is 8.42. The maximum Gasteiger partial charge on any atom is 0.0924 e. The van der Waals surface area contributed by atoms with Crippen molar-refractivity contribution in [3.05, 3.63) is 42.1 Å². The number of rotatable bonds is 7. The van der Waals surface area contributed by atoms with Gasteiger partial charge >= 0.3 is 0 Å². The average Bonchev–Trinajstić information content (AvgIpc) is 3.09. The number of aliphatic hydroxyl groups is 1. The Labute approximate surface area is 144 Å². The minimum Gasteiger partial charge on any atom is -0.396 e. The number of aromatic nitrogens is 2. The Bertz CT molecular complexity index is 605. The summed E-state index contributed by atoms with van der Waals surface area (Å²) in [7, 11) is 2.18. The van der Waals surface area contributed by atoms with Gasteiger partial charge in [0.1, 0.15) is 0 Å². The summed E-state index contributed by atoms with van der Waals surface area (Å²) in [5.74, 6) is 0. The highest BCUT2D eigenvalue weighted by molar-refractivity contribution is 5.58. The summed E-state index contributed by atoms with van der Waals surface area (Å²) in [6.45, 7) is 4.45. The molecule has 0 saturated carbocycles. The van der Waals surface area contributed by atoms with Crippen LogP contribution in [0.1, 0.15) is 25.0 Å². The molecule has 0 radical (unpaired) electrons. The van der Waals surface area contributed by atoms with E-state index in [2.05, 4.69) is 45.2 Å². The topological polar surface area (TPSA) is 55.4 Å². The molecular weight excluding hydrogens is 300 g/mol. The Morgan fingerprint density at radius 2 is 2.00 bits per heavy atom. The summed E-state index contributed by atoms with van der Waals surface area (Å²) in [4.78, 5) is 4.90. The van der Waals surface area contributed by atoms with Gasteiger partial charge in [-0.25, -0.2) is 0 Å². The van der Waals surface area contributed by atoms with Crippen molar-refractivity contribution < 1.29 is 5.11 Å². The van der Waals surface area contributed by atoms with E-state index in [0.717, 1.165) is 43.9 Å². The van der Waals surface area contributed by atoms with Crippen LogP contribution in [0.4, 0.5) is 0 Å². The van der Waals surface area contributed by atoms with Crippen LogP contribution in [0.15, 0.2) is 36.4 Å². The van der Waals surface area contributed by atoms with E-state index in [0.29, 0.717) is 6.04 Å². The molecular formula is C19H28N4O. The first-order valence-electron chi connectivity index (χ1n) is 8.89. The molecule has 5 nitrogen and oxygen atoms in total. The minimum absolute atomic E-state index is 0.284. The van der Waals surface area contributed by atoms with Gasteiger partial charge in [-0.1, -0.05) is 30.3 Å². The molecule has 130 valence electrons. The monoisotopic (exact) mass is 328 g/mol. The number of hydrogen-bond acceptors (Lipinski definition) is 4. The van der Waals surface area contributed by atoms with Crippen molar-refractivity contribution in [2.24, 2.45) is 0 Å².